The number of anilines is 2. The van der Waals surface area contributed by atoms with Gasteiger partial charge in [0.15, 0.2) is 5.11 Å². The Balaban J connectivity index is 1.69. The standard InChI is InChI=1S/C30H33N5O3S2/c1-18-13-19(2)15-23(14-18)34-20(3)16-24(21(34)4)29-28(25-9-7-8-12-31-25)32-30(39)35(29)22-10-11-27(38-5)26(17-22)33-40(6,36)37/h7-17,28-29,33H,1-6H3,(H,32,39). The summed E-state index contributed by atoms with van der Waals surface area (Å²) < 4.78 is 34.5. The number of methoxy groups -OCH3 is 1. The molecule has 1 aliphatic heterocycles. The zero-order valence-corrected chi connectivity index (χ0v) is 25.0. The van der Waals surface area contributed by atoms with E-state index in [4.69, 9.17) is 17.0 Å². The van der Waals surface area contributed by atoms with E-state index in [0.29, 0.717) is 16.5 Å². The number of thiocarbonyl (C=S) groups is 1. The molecule has 2 aromatic carbocycles. The van der Waals surface area contributed by atoms with Gasteiger partial charge < -0.3 is 19.5 Å². The summed E-state index contributed by atoms with van der Waals surface area (Å²) in [5.74, 6) is 0.415. The van der Waals surface area contributed by atoms with Gasteiger partial charge in [-0.3, -0.25) is 9.71 Å². The Kier molecular flexibility index (Phi) is 7.32. The van der Waals surface area contributed by atoms with E-state index in [1.807, 2.05) is 29.2 Å². The molecule has 1 fully saturated rings. The molecule has 0 bridgehead atoms. The molecule has 4 aromatic rings. The minimum Gasteiger partial charge on any atom is -0.495 e. The van der Waals surface area contributed by atoms with Gasteiger partial charge in [-0.05, 0) is 105 Å². The Labute approximate surface area is 241 Å². The fraction of sp³-hybridized carbons (Fsp3) is 0.267. The van der Waals surface area contributed by atoms with Crippen LogP contribution in [0.4, 0.5) is 11.4 Å². The third-order valence-electron chi connectivity index (χ3n) is 7.11. The van der Waals surface area contributed by atoms with Gasteiger partial charge >= 0.3 is 0 Å². The molecule has 1 aliphatic rings. The molecule has 2 N–H and O–H groups in total. The second kappa shape index (κ2) is 10.6. The zero-order chi connectivity index (χ0) is 28.8. The van der Waals surface area contributed by atoms with E-state index < -0.39 is 10.0 Å². The molecule has 10 heteroatoms. The van der Waals surface area contributed by atoms with E-state index in [2.05, 4.69) is 71.6 Å². The summed E-state index contributed by atoms with van der Waals surface area (Å²) in [6, 6.07) is 19.5. The van der Waals surface area contributed by atoms with Gasteiger partial charge in [-0.1, -0.05) is 12.1 Å². The SMILES string of the molecule is COc1ccc(N2C(=S)NC(c3ccccn3)C2c2cc(C)n(-c3cc(C)cc(C)c3)c2C)cc1NS(C)(=O)=O. The van der Waals surface area contributed by atoms with Crippen molar-refractivity contribution in [2.45, 2.75) is 39.8 Å². The summed E-state index contributed by atoms with van der Waals surface area (Å²) in [4.78, 5) is 6.70. The van der Waals surface area contributed by atoms with Crippen molar-refractivity contribution in [3.8, 4) is 11.4 Å². The first kappa shape index (κ1) is 27.7. The normalized spacial score (nSPS) is 17.1. The van der Waals surface area contributed by atoms with Gasteiger partial charge in [0.2, 0.25) is 10.0 Å². The van der Waals surface area contributed by atoms with Crippen molar-refractivity contribution in [1.82, 2.24) is 14.9 Å². The van der Waals surface area contributed by atoms with Crippen LogP contribution in [0.3, 0.4) is 0 Å². The monoisotopic (exact) mass is 575 g/mol. The van der Waals surface area contributed by atoms with Crippen molar-refractivity contribution < 1.29 is 13.2 Å². The zero-order valence-electron chi connectivity index (χ0n) is 23.4. The molecule has 2 atom stereocenters. The quantitative estimate of drug-likeness (QED) is 0.275. The number of rotatable bonds is 7. The number of sulfonamides is 1. The molecule has 8 nitrogen and oxygen atoms in total. The van der Waals surface area contributed by atoms with E-state index in [-0.39, 0.29) is 12.1 Å². The number of nitrogens with zero attached hydrogens (tertiary/aromatic N) is 3. The Hall–Kier alpha value is -3.89. The number of hydrogen-bond acceptors (Lipinski definition) is 5. The Bertz CT molecular complexity index is 1680. The molecule has 0 radical (unpaired) electrons. The van der Waals surface area contributed by atoms with Crippen LogP contribution in [0.25, 0.3) is 5.69 Å². The maximum absolute atomic E-state index is 12.1. The molecule has 2 aromatic heterocycles. The summed E-state index contributed by atoms with van der Waals surface area (Å²) >= 11 is 5.91. The lowest BCUT2D eigenvalue weighted by Crippen LogP contribution is -2.29. The van der Waals surface area contributed by atoms with Gasteiger partial charge in [0, 0.05) is 29.0 Å². The molecule has 40 heavy (non-hydrogen) atoms. The van der Waals surface area contributed by atoms with Crippen LogP contribution < -0.4 is 19.7 Å². The van der Waals surface area contributed by atoms with Gasteiger partial charge in [-0.15, -0.1) is 0 Å². The first-order valence-corrected chi connectivity index (χ1v) is 15.2. The van der Waals surface area contributed by atoms with Crippen molar-refractivity contribution in [3.05, 3.63) is 101 Å². The van der Waals surface area contributed by atoms with Crippen molar-refractivity contribution in [2.75, 3.05) is 23.0 Å². The molecule has 0 spiro atoms. The molecule has 0 aliphatic carbocycles. The molecule has 208 valence electrons. The molecular weight excluding hydrogens is 542 g/mol. The molecule has 2 unspecified atom stereocenters. The van der Waals surface area contributed by atoms with Crippen LogP contribution in [0.15, 0.2) is 66.9 Å². The fourth-order valence-corrected chi connectivity index (χ4v) is 6.54. The van der Waals surface area contributed by atoms with Crippen LogP contribution in [0.5, 0.6) is 5.75 Å². The highest BCUT2D eigenvalue weighted by atomic mass is 32.2. The number of aryl methyl sites for hydroxylation is 3. The van der Waals surface area contributed by atoms with E-state index >= 15 is 0 Å². The number of hydrogen-bond donors (Lipinski definition) is 2. The predicted octanol–water partition coefficient (Wildman–Crippen LogP) is 5.66. The lowest BCUT2D eigenvalue weighted by molar-refractivity contribution is 0.417. The second-order valence-electron chi connectivity index (χ2n) is 10.3. The molecule has 1 saturated heterocycles. The smallest absolute Gasteiger partial charge is 0.229 e. The largest absolute Gasteiger partial charge is 0.495 e. The van der Waals surface area contributed by atoms with E-state index in [1.165, 1.54) is 18.2 Å². The summed E-state index contributed by atoms with van der Waals surface area (Å²) in [5, 5.41) is 4.01. The van der Waals surface area contributed by atoms with Crippen LogP contribution in [0.2, 0.25) is 0 Å². The highest BCUT2D eigenvalue weighted by molar-refractivity contribution is 7.92. The van der Waals surface area contributed by atoms with Gasteiger partial charge in [0.25, 0.3) is 0 Å². The third kappa shape index (κ3) is 5.29. The summed E-state index contributed by atoms with van der Waals surface area (Å²) in [5.41, 5.74) is 8.71. The second-order valence-corrected chi connectivity index (χ2v) is 12.4. The number of ether oxygens (including phenoxy) is 1. The minimum atomic E-state index is -3.54. The van der Waals surface area contributed by atoms with Crippen molar-refractivity contribution >= 4 is 38.7 Å². The summed E-state index contributed by atoms with van der Waals surface area (Å²) in [6.07, 6.45) is 2.89. The summed E-state index contributed by atoms with van der Waals surface area (Å²) in [7, 11) is -2.03. The first-order valence-electron chi connectivity index (χ1n) is 12.9. The highest BCUT2D eigenvalue weighted by Crippen LogP contribution is 2.45. The Morgan fingerprint density at radius 2 is 1.70 bits per heavy atom. The van der Waals surface area contributed by atoms with Crippen molar-refractivity contribution in [3.63, 3.8) is 0 Å². The van der Waals surface area contributed by atoms with E-state index in [1.54, 1.807) is 18.3 Å². The number of aromatic nitrogens is 2. The Morgan fingerprint density at radius 3 is 2.33 bits per heavy atom. The highest BCUT2D eigenvalue weighted by Gasteiger charge is 2.42. The summed E-state index contributed by atoms with van der Waals surface area (Å²) in [6.45, 7) is 8.45. The molecule has 3 heterocycles. The predicted molar refractivity (Wildman–Crippen MR) is 164 cm³/mol. The van der Waals surface area contributed by atoms with Gasteiger partial charge in [0.05, 0.1) is 36.8 Å². The van der Waals surface area contributed by atoms with Gasteiger partial charge in [-0.2, -0.15) is 0 Å². The lowest BCUT2D eigenvalue weighted by atomic mass is 9.96. The lowest BCUT2D eigenvalue weighted by Gasteiger charge is -2.29. The molecular formula is C30H33N5O3S2. The van der Waals surface area contributed by atoms with Crippen LogP contribution in [0, 0.1) is 27.7 Å². The number of pyridine rings is 1. The number of benzene rings is 2. The van der Waals surface area contributed by atoms with Gasteiger partial charge in [0.1, 0.15) is 5.75 Å². The van der Waals surface area contributed by atoms with Crippen molar-refractivity contribution in [1.29, 1.82) is 0 Å². The van der Waals surface area contributed by atoms with Crippen molar-refractivity contribution in [2.24, 2.45) is 0 Å². The van der Waals surface area contributed by atoms with Crippen LogP contribution in [-0.2, 0) is 10.0 Å². The fourth-order valence-electron chi connectivity index (χ4n) is 5.64. The molecule has 0 amide bonds. The molecule has 5 rings (SSSR count). The molecule has 0 saturated carbocycles. The number of nitrogens with one attached hydrogen (secondary N) is 2. The third-order valence-corrected chi connectivity index (χ3v) is 8.01. The maximum atomic E-state index is 12.1. The maximum Gasteiger partial charge on any atom is 0.229 e. The van der Waals surface area contributed by atoms with Crippen LogP contribution in [0.1, 0.15) is 45.9 Å². The van der Waals surface area contributed by atoms with Crippen LogP contribution >= 0.6 is 12.2 Å². The minimum absolute atomic E-state index is 0.240. The first-order chi connectivity index (χ1) is 19.0. The Morgan fingerprint density at radius 1 is 0.975 bits per heavy atom. The average Bonchev–Trinajstić information content (AvgIpc) is 3.37. The van der Waals surface area contributed by atoms with E-state index in [9.17, 15) is 8.42 Å². The van der Waals surface area contributed by atoms with E-state index in [0.717, 1.165) is 40.3 Å². The van der Waals surface area contributed by atoms with Crippen LogP contribution in [-0.4, -0.2) is 36.4 Å². The topological polar surface area (TPSA) is 88.5 Å². The average molecular weight is 576 g/mol. The van der Waals surface area contributed by atoms with Gasteiger partial charge in [-0.25, -0.2) is 8.42 Å².